The van der Waals surface area contributed by atoms with E-state index in [9.17, 15) is 19.5 Å². The van der Waals surface area contributed by atoms with Gasteiger partial charge in [-0.15, -0.1) is 0 Å². The highest BCUT2D eigenvalue weighted by molar-refractivity contribution is 6.05. The molecule has 0 atom stereocenters. The number of carboxylic acid groups (broad SMARTS) is 2. The third-order valence-electron chi connectivity index (χ3n) is 4.81. The Hall–Kier alpha value is -3.29. The molecule has 8 nitrogen and oxygen atoms in total. The van der Waals surface area contributed by atoms with Gasteiger partial charge in [0.25, 0.3) is 5.91 Å². The zero-order valence-corrected chi connectivity index (χ0v) is 13.9. The summed E-state index contributed by atoms with van der Waals surface area (Å²) in [5.41, 5.74) is 4.92. The Morgan fingerprint density at radius 1 is 1.04 bits per heavy atom. The number of anilines is 1. The zero-order chi connectivity index (χ0) is 18.9. The van der Waals surface area contributed by atoms with Crippen LogP contribution < -0.4 is 11.1 Å². The maximum absolute atomic E-state index is 12.7. The van der Waals surface area contributed by atoms with Crippen molar-refractivity contribution in [3.63, 3.8) is 0 Å². The SMILES string of the molecule is Nc1cc2ccccc2cc1C(=O)NC1(C(=O)O)CCN(C(=O)O)CC1. The Morgan fingerprint density at radius 3 is 2.15 bits per heavy atom. The fourth-order valence-electron chi connectivity index (χ4n) is 3.21. The van der Waals surface area contributed by atoms with Gasteiger partial charge in [-0.3, -0.25) is 4.79 Å². The van der Waals surface area contributed by atoms with Crippen LogP contribution in [0.25, 0.3) is 10.8 Å². The molecule has 0 aromatic heterocycles. The number of hydrogen-bond acceptors (Lipinski definition) is 4. The van der Waals surface area contributed by atoms with Gasteiger partial charge in [-0.25, -0.2) is 9.59 Å². The number of carbonyl (C=O) groups excluding carboxylic acids is 1. The zero-order valence-electron chi connectivity index (χ0n) is 13.9. The van der Waals surface area contributed by atoms with Crippen LogP contribution in [0.4, 0.5) is 10.5 Å². The second-order valence-corrected chi connectivity index (χ2v) is 6.40. The number of piperidine rings is 1. The Kier molecular flexibility index (Phi) is 4.41. The molecule has 2 aromatic rings. The number of benzene rings is 2. The maximum Gasteiger partial charge on any atom is 0.407 e. The van der Waals surface area contributed by atoms with E-state index >= 15 is 0 Å². The van der Waals surface area contributed by atoms with Crippen LogP contribution in [-0.4, -0.2) is 51.7 Å². The number of amides is 2. The first-order valence-electron chi connectivity index (χ1n) is 8.14. The molecule has 1 heterocycles. The number of nitrogens with zero attached hydrogens (tertiary/aromatic N) is 1. The third kappa shape index (κ3) is 3.13. The lowest BCUT2D eigenvalue weighted by atomic mass is 9.87. The Labute approximate surface area is 149 Å². The number of nitrogens with two attached hydrogens (primary N) is 1. The van der Waals surface area contributed by atoms with E-state index in [-0.39, 0.29) is 37.2 Å². The van der Waals surface area contributed by atoms with Crippen LogP contribution in [0.5, 0.6) is 0 Å². The molecule has 26 heavy (non-hydrogen) atoms. The normalized spacial score (nSPS) is 16.2. The summed E-state index contributed by atoms with van der Waals surface area (Å²) < 4.78 is 0. The van der Waals surface area contributed by atoms with Crippen molar-refractivity contribution >= 4 is 34.4 Å². The molecule has 5 N–H and O–H groups in total. The number of fused-ring (bicyclic) bond motifs is 1. The number of aliphatic carboxylic acids is 1. The largest absolute Gasteiger partial charge is 0.480 e. The van der Waals surface area contributed by atoms with Gasteiger partial charge in [-0.1, -0.05) is 24.3 Å². The molecule has 0 bridgehead atoms. The van der Waals surface area contributed by atoms with Crippen molar-refractivity contribution < 1.29 is 24.6 Å². The first-order valence-corrected chi connectivity index (χ1v) is 8.14. The number of likely N-dealkylation sites (tertiary alicyclic amines) is 1. The fourth-order valence-corrected chi connectivity index (χ4v) is 3.21. The Bertz CT molecular complexity index is 888. The minimum atomic E-state index is -1.51. The van der Waals surface area contributed by atoms with Crippen LogP contribution in [0.2, 0.25) is 0 Å². The first-order chi connectivity index (χ1) is 12.3. The summed E-state index contributed by atoms with van der Waals surface area (Å²) in [6.07, 6.45) is -1.11. The van der Waals surface area contributed by atoms with E-state index in [1.807, 2.05) is 24.3 Å². The molecule has 1 aliphatic heterocycles. The van der Waals surface area contributed by atoms with Crippen molar-refractivity contribution in [2.45, 2.75) is 18.4 Å². The van der Waals surface area contributed by atoms with E-state index in [2.05, 4.69) is 5.32 Å². The van der Waals surface area contributed by atoms with Crippen LogP contribution in [-0.2, 0) is 4.79 Å². The van der Waals surface area contributed by atoms with Crippen molar-refractivity contribution in [1.82, 2.24) is 10.2 Å². The molecule has 1 fully saturated rings. The molecule has 136 valence electrons. The van der Waals surface area contributed by atoms with Crippen LogP contribution in [0, 0.1) is 0 Å². The van der Waals surface area contributed by atoms with Gasteiger partial charge in [-0.05, 0) is 35.7 Å². The van der Waals surface area contributed by atoms with Crippen molar-refractivity contribution in [3.05, 3.63) is 42.0 Å². The highest BCUT2D eigenvalue weighted by atomic mass is 16.4. The number of hydrogen-bond donors (Lipinski definition) is 4. The number of carboxylic acids is 1. The number of nitrogen functional groups attached to an aromatic ring is 1. The van der Waals surface area contributed by atoms with E-state index in [4.69, 9.17) is 10.8 Å². The van der Waals surface area contributed by atoms with Crippen molar-refractivity contribution in [2.75, 3.05) is 18.8 Å². The molecule has 0 unspecified atom stereocenters. The van der Waals surface area contributed by atoms with Gasteiger partial charge >= 0.3 is 12.1 Å². The predicted octanol–water partition coefficient (Wildman–Crippen LogP) is 1.75. The molecule has 2 amide bonds. The van der Waals surface area contributed by atoms with Crippen LogP contribution >= 0.6 is 0 Å². The lowest BCUT2D eigenvalue weighted by molar-refractivity contribution is -0.146. The predicted molar refractivity (Wildman–Crippen MR) is 95.0 cm³/mol. The highest BCUT2D eigenvalue weighted by Gasteiger charge is 2.44. The molecule has 1 aliphatic rings. The van der Waals surface area contributed by atoms with E-state index < -0.39 is 23.5 Å². The average molecular weight is 357 g/mol. The summed E-state index contributed by atoms with van der Waals surface area (Å²) >= 11 is 0. The van der Waals surface area contributed by atoms with Crippen molar-refractivity contribution in [1.29, 1.82) is 0 Å². The molecule has 8 heteroatoms. The second kappa shape index (κ2) is 6.55. The molecule has 0 aliphatic carbocycles. The molecule has 1 saturated heterocycles. The topological polar surface area (TPSA) is 133 Å². The first kappa shape index (κ1) is 17.5. The van der Waals surface area contributed by atoms with Gasteiger partial charge in [0.1, 0.15) is 5.54 Å². The molecule has 0 spiro atoms. The maximum atomic E-state index is 12.7. The third-order valence-corrected chi connectivity index (χ3v) is 4.81. The molecule has 0 saturated carbocycles. The Balaban J connectivity index is 1.86. The lowest BCUT2D eigenvalue weighted by Gasteiger charge is -2.38. The van der Waals surface area contributed by atoms with Crippen LogP contribution in [0.1, 0.15) is 23.2 Å². The van der Waals surface area contributed by atoms with E-state index in [1.54, 1.807) is 12.1 Å². The summed E-state index contributed by atoms with van der Waals surface area (Å²) in [6.45, 7) is 0.0736. The van der Waals surface area contributed by atoms with E-state index in [0.29, 0.717) is 0 Å². The van der Waals surface area contributed by atoms with Gasteiger partial charge in [-0.2, -0.15) is 0 Å². The minimum Gasteiger partial charge on any atom is -0.480 e. The monoisotopic (exact) mass is 357 g/mol. The average Bonchev–Trinajstić information content (AvgIpc) is 2.61. The summed E-state index contributed by atoms with van der Waals surface area (Å²) in [5.74, 6) is -1.77. The van der Waals surface area contributed by atoms with Crippen molar-refractivity contribution in [3.8, 4) is 0 Å². The number of nitrogens with one attached hydrogen (secondary N) is 1. The molecule has 0 radical (unpaired) electrons. The fraction of sp³-hybridized carbons (Fsp3) is 0.278. The smallest absolute Gasteiger partial charge is 0.407 e. The standard InChI is InChI=1S/C18H19N3O5/c19-14-10-12-4-2-1-3-11(12)9-13(14)15(22)20-18(16(23)24)5-7-21(8-6-18)17(25)26/h1-4,9-10H,5-8,19H2,(H,20,22)(H,23,24)(H,25,26). The quantitative estimate of drug-likeness (QED) is 0.619. The second-order valence-electron chi connectivity index (χ2n) is 6.40. The molecular formula is C18H19N3O5. The van der Waals surface area contributed by atoms with Crippen LogP contribution in [0.3, 0.4) is 0 Å². The summed E-state index contributed by atoms with van der Waals surface area (Å²) in [7, 11) is 0. The van der Waals surface area contributed by atoms with Gasteiger partial charge in [0, 0.05) is 18.8 Å². The highest BCUT2D eigenvalue weighted by Crippen LogP contribution is 2.26. The summed E-state index contributed by atoms with van der Waals surface area (Å²) in [5, 5.41) is 22.9. The van der Waals surface area contributed by atoms with Gasteiger partial charge < -0.3 is 26.2 Å². The Morgan fingerprint density at radius 2 is 1.62 bits per heavy atom. The number of rotatable bonds is 3. The van der Waals surface area contributed by atoms with E-state index in [0.717, 1.165) is 15.7 Å². The summed E-state index contributed by atoms with van der Waals surface area (Å²) in [4.78, 5) is 36.7. The molecule has 2 aromatic carbocycles. The van der Waals surface area contributed by atoms with E-state index in [1.165, 1.54) is 0 Å². The molecule has 3 rings (SSSR count). The number of carbonyl (C=O) groups is 3. The van der Waals surface area contributed by atoms with Crippen LogP contribution in [0.15, 0.2) is 36.4 Å². The van der Waals surface area contributed by atoms with Gasteiger partial charge in [0.05, 0.1) is 5.56 Å². The lowest BCUT2D eigenvalue weighted by Crippen LogP contribution is -2.60. The van der Waals surface area contributed by atoms with Gasteiger partial charge in [0.15, 0.2) is 0 Å². The van der Waals surface area contributed by atoms with Crippen molar-refractivity contribution in [2.24, 2.45) is 0 Å². The minimum absolute atomic E-state index is 0.00609. The van der Waals surface area contributed by atoms with Gasteiger partial charge in [0.2, 0.25) is 0 Å². The summed E-state index contributed by atoms with van der Waals surface area (Å²) in [6, 6.07) is 10.7. The molecular weight excluding hydrogens is 338 g/mol.